The minimum Gasteiger partial charge on any atom is -0.508 e. The third kappa shape index (κ3) is 8.06. The average molecular weight is 629 g/mol. The van der Waals surface area contributed by atoms with Gasteiger partial charge in [0.15, 0.2) is 17.5 Å². The van der Waals surface area contributed by atoms with E-state index in [0.717, 1.165) is 22.2 Å². The standard InChI is InChI=1S/C33H36N6O7/c1-4-44-33(41)29(16-22-8-10-25(40)11-9-22)39-20-28(37-38-39)23-6-5-7-24(17-23)36-32-26-18-30(45-14-12-42-2)31(46-15-13-43-3)19-27(26)34-21-35-32/h5-11,17-21,29,40H,4,12-16H2,1-3H3,(H,34,35,36)/t29-/m0/s1. The summed E-state index contributed by atoms with van der Waals surface area (Å²) in [6, 6.07) is 17.2. The molecule has 13 nitrogen and oxygen atoms in total. The zero-order valence-corrected chi connectivity index (χ0v) is 25.9. The summed E-state index contributed by atoms with van der Waals surface area (Å²) >= 11 is 0. The Kier molecular flexibility index (Phi) is 10.9. The van der Waals surface area contributed by atoms with Crippen molar-refractivity contribution in [2.24, 2.45) is 0 Å². The maximum absolute atomic E-state index is 12.9. The van der Waals surface area contributed by atoms with Crippen LogP contribution in [-0.4, -0.2) is 83.3 Å². The Labute approximate surface area is 266 Å². The van der Waals surface area contributed by atoms with Crippen molar-refractivity contribution in [3.8, 4) is 28.5 Å². The van der Waals surface area contributed by atoms with Gasteiger partial charge in [-0.15, -0.1) is 5.10 Å². The molecule has 5 aromatic rings. The number of nitrogens with one attached hydrogen (secondary N) is 1. The molecule has 2 N–H and O–H groups in total. The van der Waals surface area contributed by atoms with Gasteiger partial charge in [0.1, 0.15) is 36.8 Å². The van der Waals surface area contributed by atoms with Gasteiger partial charge >= 0.3 is 5.97 Å². The number of hydrogen-bond donors (Lipinski definition) is 2. The first-order valence-electron chi connectivity index (χ1n) is 14.7. The molecule has 5 rings (SSSR count). The van der Waals surface area contributed by atoms with Gasteiger partial charge in [-0.1, -0.05) is 29.5 Å². The first-order valence-corrected chi connectivity index (χ1v) is 14.7. The number of nitrogens with zero attached hydrogens (tertiary/aromatic N) is 5. The highest BCUT2D eigenvalue weighted by Crippen LogP contribution is 2.35. The van der Waals surface area contributed by atoms with Crippen LogP contribution in [-0.2, 0) is 25.4 Å². The molecule has 0 saturated carbocycles. The van der Waals surface area contributed by atoms with Gasteiger partial charge in [0.05, 0.1) is 31.5 Å². The molecule has 3 aromatic carbocycles. The average Bonchev–Trinajstić information content (AvgIpc) is 3.55. The second-order valence-corrected chi connectivity index (χ2v) is 10.1. The largest absolute Gasteiger partial charge is 0.508 e. The first-order chi connectivity index (χ1) is 22.5. The highest BCUT2D eigenvalue weighted by atomic mass is 16.5. The van der Waals surface area contributed by atoms with Crippen LogP contribution in [0.15, 0.2) is 73.2 Å². The lowest BCUT2D eigenvalue weighted by Crippen LogP contribution is -2.24. The maximum Gasteiger partial charge on any atom is 0.331 e. The molecule has 0 bridgehead atoms. The fourth-order valence-electron chi connectivity index (χ4n) is 4.69. The number of phenols is 1. The third-order valence-electron chi connectivity index (χ3n) is 6.97. The maximum atomic E-state index is 12.9. The number of hydrogen-bond acceptors (Lipinski definition) is 12. The van der Waals surface area contributed by atoms with E-state index in [1.54, 1.807) is 51.6 Å². The molecule has 0 aliphatic carbocycles. The molecule has 0 fully saturated rings. The number of fused-ring (bicyclic) bond motifs is 1. The Morgan fingerprint density at radius 3 is 2.39 bits per heavy atom. The highest BCUT2D eigenvalue weighted by Gasteiger charge is 2.24. The van der Waals surface area contributed by atoms with E-state index in [1.165, 1.54) is 11.0 Å². The summed E-state index contributed by atoms with van der Waals surface area (Å²) < 4.78 is 29.0. The van der Waals surface area contributed by atoms with Gasteiger partial charge in [0.25, 0.3) is 0 Å². The molecule has 0 radical (unpaired) electrons. The van der Waals surface area contributed by atoms with Crippen LogP contribution in [0.1, 0.15) is 18.5 Å². The van der Waals surface area contributed by atoms with Crippen LogP contribution in [0, 0.1) is 0 Å². The summed E-state index contributed by atoms with van der Waals surface area (Å²) in [6.45, 7) is 3.54. The van der Waals surface area contributed by atoms with E-state index in [-0.39, 0.29) is 12.4 Å². The van der Waals surface area contributed by atoms with E-state index in [4.69, 9.17) is 23.7 Å². The van der Waals surface area contributed by atoms with Gasteiger partial charge in [-0.2, -0.15) is 0 Å². The normalized spacial score (nSPS) is 11.7. The Balaban J connectivity index is 1.40. The number of methoxy groups -OCH3 is 2. The highest BCUT2D eigenvalue weighted by molar-refractivity contribution is 5.93. The van der Waals surface area contributed by atoms with Crippen LogP contribution in [0.5, 0.6) is 17.2 Å². The monoisotopic (exact) mass is 628 g/mol. The van der Waals surface area contributed by atoms with Crippen molar-refractivity contribution in [1.82, 2.24) is 25.0 Å². The lowest BCUT2D eigenvalue weighted by Gasteiger charge is -2.15. The summed E-state index contributed by atoms with van der Waals surface area (Å²) in [5, 5.41) is 22.4. The number of aromatic hydroxyl groups is 1. The molecule has 0 saturated heterocycles. The Bertz CT molecular complexity index is 1740. The van der Waals surface area contributed by atoms with Crippen LogP contribution >= 0.6 is 0 Å². The lowest BCUT2D eigenvalue weighted by molar-refractivity contribution is -0.147. The van der Waals surface area contributed by atoms with Crippen LogP contribution in [0.2, 0.25) is 0 Å². The number of carbonyl (C=O) groups excluding carboxylic acids is 1. The van der Waals surface area contributed by atoms with E-state index in [9.17, 15) is 9.90 Å². The molecule has 0 aliphatic rings. The molecule has 0 aliphatic heterocycles. The molecular weight excluding hydrogens is 592 g/mol. The lowest BCUT2D eigenvalue weighted by atomic mass is 10.1. The second kappa shape index (κ2) is 15.6. The van der Waals surface area contributed by atoms with Crippen molar-refractivity contribution < 1.29 is 33.6 Å². The van der Waals surface area contributed by atoms with E-state index in [1.807, 2.05) is 36.4 Å². The van der Waals surface area contributed by atoms with Gasteiger partial charge in [-0.3, -0.25) is 0 Å². The second-order valence-electron chi connectivity index (χ2n) is 10.1. The van der Waals surface area contributed by atoms with Gasteiger partial charge in [0, 0.05) is 43.3 Å². The molecule has 2 heterocycles. The molecule has 0 amide bonds. The Morgan fingerprint density at radius 1 is 0.935 bits per heavy atom. The van der Waals surface area contributed by atoms with E-state index in [2.05, 4.69) is 25.6 Å². The quantitative estimate of drug-likeness (QED) is 0.115. The van der Waals surface area contributed by atoms with Crippen molar-refractivity contribution in [1.29, 1.82) is 0 Å². The Morgan fingerprint density at radius 2 is 1.67 bits per heavy atom. The minimum atomic E-state index is -0.733. The van der Waals surface area contributed by atoms with Crippen molar-refractivity contribution in [2.75, 3.05) is 52.6 Å². The van der Waals surface area contributed by atoms with Gasteiger partial charge < -0.3 is 34.1 Å². The first kappa shape index (κ1) is 32.1. The number of rotatable bonds is 16. The number of carbonyl (C=O) groups is 1. The number of esters is 1. The fraction of sp³-hybridized carbons (Fsp3) is 0.303. The molecular formula is C33H36N6O7. The zero-order valence-electron chi connectivity index (χ0n) is 25.9. The number of anilines is 2. The molecule has 13 heteroatoms. The van der Waals surface area contributed by atoms with Crippen molar-refractivity contribution in [2.45, 2.75) is 19.4 Å². The fourth-order valence-corrected chi connectivity index (χ4v) is 4.69. The Hall–Kier alpha value is -5.27. The van der Waals surface area contributed by atoms with E-state index >= 15 is 0 Å². The molecule has 1 atom stereocenters. The van der Waals surface area contributed by atoms with Crippen LogP contribution < -0.4 is 14.8 Å². The van der Waals surface area contributed by atoms with Crippen molar-refractivity contribution in [3.63, 3.8) is 0 Å². The summed E-state index contributed by atoms with van der Waals surface area (Å²) in [5.74, 6) is 1.38. The van der Waals surface area contributed by atoms with Crippen molar-refractivity contribution in [3.05, 3.63) is 78.8 Å². The molecule has 0 spiro atoms. The van der Waals surface area contributed by atoms with Crippen molar-refractivity contribution >= 4 is 28.4 Å². The third-order valence-corrected chi connectivity index (χ3v) is 6.97. The van der Waals surface area contributed by atoms with E-state index in [0.29, 0.717) is 61.4 Å². The molecule has 0 unspecified atom stereocenters. The number of benzene rings is 3. The van der Waals surface area contributed by atoms with Gasteiger partial charge in [-0.05, 0) is 42.8 Å². The topological polar surface area (TPSA) is 152 Å². The molecule has 46 heavy (non-hydrogen) atoms. The molecule has 2 aromatic heterocycles. The number of phenolic OH excluding ortho intramolecular Hbond substituents is 1. The van der Waals surface area contributed by atoms with Gasteiger partial charge in [0.2, 0.25) is 0 Å². The molecule has 240 valence electrons. The van der Waals surface area contributed by atoms with Gasteiger partial charge in [-0.25, -0.2) is 19.4 Å². The summed E-state index contributed by atoms with van der Waals surface area (Å²) in [5.41, 5.74) is 3.61. The van der Waals surface area contributed by atoms with Crippen LogP contribution in [0.3, 0.4) is 0 Å². The van der Waals surface area contributed by atoms with Crippen LogP contribution in [0.4, 0.5) is 11.5 Å². The predicted molar refractivity (Wildman–Crippen MR) is 171 cm³/mol. The van der Waals surface area contributed by atoms with E-state index < -0.39 is 12.0 Å². The van der Waals surface area contributed by atoms with Crippen LogP contribution in [0.25, 0.3) is 22.2 Å². The minimum absolute atomic E-state index is 0.149. The number of aromatic nitrogens is 5. The SMILES string of the molecule is CCOC(=O)[C@H](Cc1ccc(O)cc1)n1cc(-c2cccc(Nc3ncnc4cc(OCCOC)c(OCCOC)cc34)c2)nn1. The predicted octanol–water partition coefficient (Wildman–Crippen LogP) is 4.73. The smallest absolute Gasteiger partial charge is 0.331 e. The summed E-state index contributed by atoms with van der Waals surface area (Å²) in [4.78, 5) is 21.8. The number of ether oxygens (including phenoxy) is 5. The summed E-state index contributed by atoms with van der Waals surface area (Å²) in [6.07, 6.45) is 3.52. The zero-order chi connectivity index (χ0) is 32.3. The summed E-state index contributed by atoms with van der Waals surface area (Å²) in [7, 11) is 3.22.